The van der Waals surface area contributed by atoms with Gasteiger partial charge in [0, 0.05) is 36.6 Å². The molecule has 27 heavy (non-hydrogen) atoms. The normalized spacial score (nSPS) is 11.4. The zero-order valence-electron chi connectivity index (χ0n) is 14.9. The second kappa shape index (κ2) is 7.58. The molecule has 1 N–H and O–H groups in total. The topological polar surface area (TPSA) is 68.2 Å². The third-order valence-corrected chi connectivity index (χ3v) is 5.18. The van der Waals surface area contributed by atoms with E-state index >= 15 is 0 Å². The van der Waals surface area contributed by atoms with Crippen LogP contribution in [0.5, 0.6) is 0 Å². The molecule has 0 saturated heterocycles. The SMILES string of the molecule is Cn1cc(C(=O)c2ccccc2)c(Cl)c1Cc1ccc(NS(C)(=O)=O)cc1. The van der Waals surface area contributed by atoms with Crippen molar-refractivity contribution >= 4 is 33.1 Å². The highest BCUT2D eigenvalue weighted by molar-refractivity contribution is 7.92. The molecule has 0 saturated carbocycles. The fraction of sp³-hybridized carbons (Fsp3) is 0.150. The van der Waals surface area contributed by atoms with Crippen molar-refractivity contribution in [2.24, 2.45) is 7.05 Å². The molecule has 0 bridgehead atoms. The molecule has 0 fully saturated rings. The maximum absolute atomic E-state index is 12.7. The second-order valence-corrected chi connectivity index (χ2v) is 8.48. The highest BCUT2D eigenvalue weighted by atomic mass is 35.5. The number of aryl methyl sites for hydroxylation is 1. The molecule has 0 atom stereocenters. The van der Waals surface area contributed by atoms with Crippen LogP contribution in [0.3, 0.4) is 0 Å². The van der Waals surface area contributed by atoms with Crippen molar-refractivity contribution in [1.82, 2.24) is 4.57 Å². The summed E-state index contributed by atoms with van der Waals surface area (Å²) in [6.45, 7) is 0. The number of nitrogens with one attached hydrogen (secondary N) is 1. The summed E-state index contributed by atoms with van der Waals surface area (Å²) in [6.07, 6.45) is 3.37. The highest BCUT2D eigenvalue weighted by Gasteiger charge is 2.19. The summed E-state index contributed by atoms with van der Waals surface area (Å²) in [7, 11) is -1.46. The monoisotopic (exact) mass is 402 g/mol. The van der Waals surface area contributed by atoms with E-state index in [1.165, 1.54) is 0 Å². The average molecular weight is 403 g/mol. The quantitative estimate of drug-likeness (QED) is 0.636. The van der Waals surface area contributed by atoms with Crippen LogP contribution in [0.2, 0.25) is 5.02 Å². The predicted molar refractivity (Wildman–Crippen MR) is 108 cm³/mol. The van der Waals surface area contributed by atoms with E-state index in [1.54, 1.807) is 30.5 Å². The van der Waals surface area contributed by atoms with Gasteiger partial charge in [-0.25, -0.2) is 8.42 Å². The molecular formula is C20H19ClN2O3S. The number of hydrogen-bond donors (Lipinski definition) is 1. The third-order valence-electron chi connectivity index (χ3n) is 4.15. The zero-order chi connectivity index (χ0) is 19.6. The van der Waals surface area contributed by atoms with Crippen LogP contribution in [0.15, 0.2) is 60.8 Å². The Hall–Kier alpha value is -2.57. The second-order valence-electron chi connectivity index (χ2n) is 6.36. The molecule has 0 aliphatic carbocycles. The molecule has 0 amide bonds. The third kappa shape index (κ3) is 4.59. The number of sulfonamides is 1. The minimum atomic E-state index is -3.31. The Balaban J connectivity index is 1.84. The minimum absolute atomic E-state index is 0.116. The number of rotatable bonds is 6. The summed E-state index contributed by atoms with van der Waals surface area (Å²) >= 11 is 6.51. The Morgan fingerprint density at radius 2 is 1.70 bits per heavy atom. The van der Waals surface area contributed by atoms with E-state index < -0.39 is 10.0 Å². The highest BCUT2D eigenvalue weighted by Crippen LogP contribution is 2.28. The lowest BCUT2D eigenvalue weighted by molar-refractivity contribution is 0.103. The molecule has 0 radical (unpaired) electrons. The van der Waals surface area contributed by atoms with Crippen LogP contribution in [-0.2, 0) is 23.5 Å². The summed E-state index contributed by atoms with van der Waals surface area (Å²) in [4.78, 5) is 12.7. The lowest BCUT2D eigenvalue weighted by Gasteiger charge is -2.07. The number of hydrogen-bond acceptors (Lipinski definition) is 3. The Labute approximate surface area is 163 Å². The van der Waals surface area contributed by atoms with Crippen molar-refractivity contribution in [2.75, 3.05) is 11.0 Å². The molecule has 1 aromatic heterocycles. The van der Waals surface area contributed by atoms with Crippen LogP contribution in [0.1, 0.15) is 27.2 Å². The molecule has 0 unspecified atom stereocenters. The molecule has 0 spiro atoms. The average Bonchev–Trinajstić information content (AvgIpc) is 2.90. The van der Waals surface area contributed by atoms with Crippen molar-refractivity contribution in [1.29, 1.82) is 0 Å². The number of anilines is 1. The molecule has 3 rings (SSSR count). The molecule has 2 aromatic carbocycles. The Morgan fingerprint density at radius 1 is 1.07 bits per heavy atom. The number of ketones is 1. The van der Waals surface area contributed by atoms with Crippen LogP contribution >= 0.6 is 11.6 Å². The maximum Gasteiger partial charge on any atom is 0.229 e. The van der Waals surface area contributed by atoms with E-state index in [0.717, 1.165) is 17.5 Å². The summed E-state index contributed by atoms with van der Waals surface area (Å²) in [5.74, 6) is -0.116. The molecule has 7 heteroatoms. The van der Waals surface area contributed by atoms with Crippen LogP contribution < -0.4 is 4.72 Å². The van der Waals surface area contributed by atoms with Crippen LogP contribution in [-0.4, -0.2) is 25.0 Å². The summed E-state index contributed by atoms with van der Waals surface area (Å²) in [5, 5.41) is 0.435. The lowest BCUT2D eigenvalue weighted by atomic mass is 10.0. The number of carbonyl (C=O) groups excluding carboxylic acids is 1. The largest absolute Gasteiger partial charge is 0.352 e. The van der Waals surface area contributed by atoms with Gasteiger partial charge in [0.15, 0.2) is 5.78 Å². The first kappa shape index (κ1) is 19.2. The van der Waals surface area contributed by atoms with Crippen molar-refractivity contribution < 1.29 is 13.2 Å². The first-order chi connectivity index (χ1) is 12.7. The van der Waals surface area contributed by atoms with Gasteiger partial charge in [0.05, 0.1) is 16.8 Å². The van der Waals surface area contributed by atoms with Crippen molar-refractivity contribution in [2.45, 2.75) is 6.42 Å². The molecule has 140 valence electrons. The Morgan fingerprint density at radius 3 is 2.30 bits per heavy atom. The Kier molecular flexibility index (Phi) is 5.39. The van der Waals surface area contributed by atoms with Gasteiger partial charge in [0.25, 0.3) is 0 Å². The molecule has 0 aliphatic rings. The molecule has 5 nitrogen and oxygen atoms in total. The van der Waals surface area contributed by atoms with Gasteiger partial charge in [-0.15, -0.1) is 0 Å². The smallest absolute Gasteiger partial charge is 0.229 e. The number of aromatic nitrogens is 1. The van der Waals surface area contributed by atoms with Crippen molar-refractivity contribution in [3.05, 3.63) is 88.2 Å². The van der Waals surface area contributed by atoms with Gasteiger partial charge < -0.3 is 4.57 Å². The standard InChI is InChI=1S/C20H19ClN2O3S/c1-23-13-17(20(24)15-6-4-3-5-7-15)19(21)18(23)12-14-8-10-16(11-9-14)22-27(2,25)26/h3-11,13,22H,12H2,1-2H3. The van der Waals surface area contributed by atoms with Gasteiger partial charge in [0.1, 0.15) is 0 Å². The van der Waals surface area contributed by atoms with E-state index in [4.69, 9.17) is 11.6 Å². The van der Waals surface area contributed by atoms with E-state index in [1.807, 2.05) is 41.9 Å². The molecule has 3 aromatic rings. The van der Waals surface area contributed by atoms with E-state index in [2.05, 4.69) is 4.72 Å². The summed E-state index contributed by atoms with van der Waals surface area (Å²) in [6, 6.07) is 16.1. The number of nitrogens with zero attached hydrogens (tertiary/aromatic N) is 1. The van der Waals surface area contributed by atoms with Crippen LogP contribution in [0.25, 0.3) is 0 Å². The van der Waals surface area contributed by atoms with Crippen LogP contribution in [0, 0.1) is 0 Å². The Bertz CT molecular complexity index is 1070. The van der Waals surface area contributed by atoms with E-state index in [9.17, 15) is 13.2 Å². The molecule has 0 aliphatic heterocycles. The predicted octanol–water partition coefficient (Wildman–Crippen LogP) is 3.87. The summed E-state index contributed by atoms with van der Waals surface area (Å²) in [5.41, 5.74) is 3.33. The number of halogens is 1. The van der Waals surface area contributed by atoms with Crippen LogP contribution in [0.4, 0.5) is 5.69 Å². The minimum Gasteiger partial charge on any atom is -0.352 e. The fourth-order valence-electron chi connectivity index (χ4n) is 2.84. The maximum atomic E-state index is 12.7. The van der Waals surface area contributed by atoms with Gasteiger partial charge in [-0.2, -0.15) is 0 Å². The lowest BCUT2D eigenvalue weighted by Crippen LogP contribution is -2.09. The van der Waals surface area contributed by atoms with E-state index in [0.29, 0.717) is 28.3 Å². The van der Waals surface area contributed by atoms with Crippen molar-refractivity contribution in [3.8, 4) is 0 Å². The number of carbonyl (C=O) groups is 1. The first-order valence-electron chi connectivity index (χ1n) is 8.25. The molecule has 1 heterocycles. The summed E-state index contributed by atoms with van der Waals surface area (Å²) < 4.78 is 26.8. The van der Waals surface area contributed by atoms with Gasteiger partial charge >= 0.3 is 0 Å². The molecular weight excluding hydrogens is 384 g/mol. The zero-order valence-corrected chi connectivity index (χ0v) is 16.5. The van der Waals surface area contributed by atoms with Gasteiger partial charge in [-0.3, -0.25) is 9.52 Å². The first-order valence-corrected chi connectivity index (χ1v) is 10.5. The van der Waals surface area contributed by atoms with Gasteiger partial charge in [-0.05, 0) is 17.7 Å². The van der Waals surface area contributed by atoms with E-state index in [-0.39, 0.29) is 5.78 Å². The van der Waals surface area contributed by atoms with Crippen molar-refractivity contribution in [3.63, 3.8) is 0 Å². The van der Waals surface area contributed by atoms with Gasteiger partial charge in [-0.1, -0.05) is 54.1 Å². The fourth-order valence-corrected chi connectivity index (χ4v) is 3.74. The van der Waals surface area contributed by atoms with Gasteiger partial charge in [0.2, 0.25) is 10.0 Å². The number of benzene rings is 2.